The van der Waals surface area contributed by atoms with Gasteiger partial charge >= 0.3 is 0 Å². The van der Waals surface area contributed by atoms with Gasteiger partial charge in [0.15, 0.2) is 5.78 Å². The fraction of sp³-hybridized carbons (Fsp3) is 0.348. The Bertz CT molecular complexity index is 889. The van der Waals surface area contributed by atoms with E-state index in [0.29, 0.717) is 37.4 Å². The van der Waals surface area contributed by atoms with Crippen molar-refractivity contribution >= 4 is 23.3 Å². The summed E-state index contributed by atoms with van der Waals surface area (Å²) in [4.78, 5) is 40.5. The minimum absolute atomic E-state index is 0.0283. The zero-order valence-corrected chi connectivity index (χ0v) is 17.1. The summed E-state index contributed by atoms with van der Waals surface area (Å²) in [6.07, 6.45) is 0.389. The lowest BCUT2D eigenvalue weighted by Gasteiger charge is -2.34. The first-order chi connectivity index (χ1) is 14.4. The van der Waals surface area contributed by atoms with Crippen LogP contribution in [0, 0.1) is 12.7 Å². The van der Waals surface area contributed by atoms with Crippen molar-refractivity contribution in [3.8, 4) is 0 Å². The Labute approximate surface area is 175 Å². The lowest BCUT2D eigenvalue weighted by atomic mass is 10.0. The van der Waals surface area contributed by atoms with Gasteiger partial charge in [-0.3, -0.25) is 19.3 Å². The number of piperazine rings is 1. The van der Waals surface area contributed by atoms with Crippen LogP contribution in [0.2, 0.25) is 0 Å². The van der Waals surface area contributed by atoms with Crippen LogP contribution in [0.25, 0.3) is 0 Å². The molecule has 1 fully saturated rings. The van der Waals surface area contributed by atoms with Gasteiger partial charge in [0.2, 0.25) is 11.8 Å². The number of halogens is 1. The van der Waals surface area contributed by atoms with Gasteiger partial charge in [-0.2, -0.15) is 0 Å². The average molecular weight is 411 g/mol. The van der Waals surface area contributed by atoms with E-state index < -0.39 is 0 Å². The van der Waals surface area contributed by atoms with Crippen molar-refractivity contribution < 1.29 is 18.8 Å². The SMILES string of the molecule is Cc1ccc(C(=O)CCC(=O)N2CCN(CC(=O)Nc3ccc(F)cc3)CC2)cc1. The van der Waals surface area contributed by atoms with Gasteiger partial charge in [-0.15, -0.1) is 0 Å². The highest BCUT2D eigenvalue weighted by Crippen LogP contribution is 2.11. The first-order valence-electron chi connectivity index (χ1n) is 10.1. The number of anilines is 1. The van der Waals surface area contributed by atoms with Crippen molar-refractivity contribution in [3.05, 3.63) is 65.5 Å². The number of Topliss-reactive ketones (excluding diaryl/α,β-unsaturated/α-hetero) is 1. The van der Waals surface area contributed by atoms with Crippen LogP contribution in [0.15, 0.2) is 48.5 Å². The largest absolute Gasteiger partial charge is 0.340 e. The van der Waals surface area contributed by atoms with Crippen LogP contribution in [-0.4, -0.2) is 60.1 Å². The smallest absolute Gasteiger partial charge is 0.238 e. The first kappa shape index (κ1) is 21.6. The molecule has 0 saturated carbocycles. The number of hydrogen-bond acceptors (Lipinski definition) is 4. The molecule has 0 spiro atoms. The maximum absolute atomic E-state index is 12.9. The highest BCUT2D eigenvalue weighted by atomic mass is 19.1. The molecule has 0 aromatic heterocycles. The molecule has 1 aliphatic rings. The van der Waals surface area contributed by atoms with Crippen molar-refractivity contribution in [1.82, 2.24) is 9.80 Å². The van der Waals surface area contributed by atoms with Gasteiger partial charge in [-0.1, -0.05) is 29.8 Å². The van der Waals surface area contributed by atoms with Crippen LogP contribution in [-0.2, 0) is 9.59 Å². The zero-order chi connectivity index (χ0) is 21.5. The third-order valence-corrected chi connectivity index (χ3v) is 5.16. The number of aryl methyl sites for hydroxylation is 1. The molecule has 30 heavy (non-hydrogen) atoms. The van der Waals surface area contributed by atoms with Gasteiger partial charge in [-0.05, 0) is 31.2 Å². The van der Waals surface area contributed by atoms with Gasteiger partial charge in [0, 0.05) is 50.3 Å². The number of ketones is 1. The summed E-state index contributed by atoms with van der Waals surface area (Å²) >= 11 is 0. The molecule has 2 amide bonds. The van der Waals surface area contributed by atoms with Crippen molar-refractivity contribution in [2.24, 2.45) is 0 Å². The maximum atomic E-state index is 12.9. The number of carbonyl (C=O) groups is 3. The normalized spacial score (nSPS) is 14.4. The van der Waals surface area contributed by atoms with Gasteiger partial charge in [0.1, 0.15) is 5.82 Å². The highest BCUT2D eigenvalue weighted by molar-refractivity contribution is 5.98. The van der Waals surface area contributed by atoms with E-state index in [1.54, 1.807) is 17.0 Å². The quantitative estimate of drug-likeness (QED) is 0.712. The van der Waals surface area contributed by atoms with Gasteiger partial charge in [0.05, 0.1) is 6.54 Å². The van der Waals surface area contributed by atoms with E-state index in [0.717, 1.165) is 5.56 Å². The molecule has 0 atom stereocenters. The van der Waals surface area contributed by atoms with Crippen LogP contribution in [0.1, 0.15) is 28.8 Å². The second kappa shape index (κ2) is 10.1. The minimum Gasteiger partial charge on any atom is -0.340 e. The van der Waals surface area contributed by atoms with E-state index in [1.807, 2.05) is 24.0 Å². The highest BCUT2D eigenvalue weighted by Gasteiger charge is 2.23. The van der Waals surface area contributed by atoms with E-state index in [9.17, 15) is 18.8 Å². The number of benzene rings is 2. The molecule has 2 aromatic rings. The van der Waals surface area contributed by atoms with Crippen molar-refractivity contribution in [3.63, 3.8) is 0 Å². The number of nitrogens with one attached hydrogen (secondary N) is 1. The molecular weight excluding hydrogens is 385 g/mol. The number of nitrogens with zero attached hydrogens (tertiary/aromatic N) is 2. The molecule has 7 heteroatoms. The Kier molecular flexibility index (Phi) is 7.30. The molecule has 1 heterocycles. The molecule has 1 N–H and O–H groups in total. The van der Waals surface area contributed by atoms with Crippen LogP contribution in [0.5, 0.6) is 0 Å². The number of rotatable bonds is 7. The Morgan fingerprint density at radius 3 is 2.17 bits per heavy atom. The summed E-state index contributed by atoms with van der Waals surface area (Å²) in [7, 11) is 0. The number of amides is 2. The molecule has 6 nitrogen and oxygen atoms in total. The third kappa shape index (κ3) is 6.22. The topological polar surface area (TPSA) is 69.7 Å². The molecule has 0 unspecified atom stereocenters. The molecule has 0 bridgehead atoms. The monoisotopic (exact) mass is 411 g/mol. The second-order valence-electron chi connectivity index (χ2n) is 7.50. The number of carbonyl (C=O) groups excluding carboxylic acids is 3. The summed E-state index contributed by atoms with van der Waals surface area (Å²) < 4.78 is 12.9. The van der Waals surface area contributed by atoms with Crippen LogP contribution in [0.3, 0.4) is 0 Å². The number of hydrogen-bond donors (Lipinski definition) is 1. The standard InChI is InChI=1S/C23H26FN3O3/c1-17-2-4-18(5-3-17)21(28)10-11-23(30)27-14-12-26(13-15-27)16-22(29)25-20-8-6-19(24)7-9-20/h2-9H,10-16H2,1H3,(H,25,29). The molecule has 0 radical (unpaired) electrons. The van der Waals surface area contributed by atoms with E-state index in [1.165, 1.54) is 24.3 Å². The Hall–Kier alpha value is -3.06. The van der Waals surface area contributed by atoms with Gasteiger partial charge < -0.3 is 10.2 Å². The van der Waals surface area contributed by atoms with Crippen molar-refractivity contribution in [2.75, 3.05) is 38.0 Å². The van der Waals surface area contributed by atoms with E-state index in [2.05, 4.69) is 5.32 Å². The fourth-order valence-corrected chi connectivity index (χ4v) is 3.35. The second-order valence-corrected chi connectivity index (χ2v) is 7.50. The van der Waals surface area contributed by atoms with Crippen LogP contribution >= 0.6 is 0 Å². The molecule has 3 rings (SSSR count). The lowest BCUT2D eigenvalue weighted by Crippen LogP contribution is -2.50. The van der Waals surface area contributed by atoms with Crippen molar-refractivity contribution in [2.45, 2.75) is 19.8 Å². The predicted octanol–water partition coefficient (Wildman–Crippen LogP) is 2.88. The summed E-state index contributed by atoms with van der Waals surface area (Å²) in [5.74, 6) is -0.593. The summed E-state index contributed by atoms with van der Waals surface area (Å²) in [6, 6.07) is 13.0. The van der Waals surface area contributed by atoms with E-state index in [-0.39, 0.29) is 42.8 Å². The lowest BCUT2D eigenvalue weighted by molar-refractivity contribution is -0.133. The van der Waals surface area contributed by atoms with Gasteiger partial charge in [0.25, 0.3) is 0 Å². The molecule has 1 saturated heterocycles. The maximum Gasteiger partial charge on any atom is 0.238 e. The first-order valence-corrected chi connectivity index (χ1v) is 10.1. The average Bonchev–Trinajstić information content (AvgIpc) is 2.74. The van der Waals surface area contributed by atoms with Crippen LogP contribution < -0.4 is 5.32 Å². The molecule has 1 aliphatic heterocycles. The summed E-state index contributed by atoms with van der Waals surface area (Å²) in [5.41, 5.74) is 2.27. The third-order valence-electron chi connectivity index (χ3n) is 5.16. The fourth-order valence-electron chi connectivity index (χ4n) is 3.35. The molecule has 0 aliphatic carbocycles. The predicted molar refractivity (Wildman–Crippen MR) is 113 cm³/mol. The Morgan fingerprint density at radius 2 is 1.53 bits per heavy atom. The Morgan fingerprint density at radius 1 is 0.900 bits per heavy atom. The van der Waals surface area contributed by atoms with Crippen molar-refractivity contribution in [1.29, 1.82) is 0 Å². The van der Waals surface area contributed by atoms with E-state index in [4.69, 9.17) is 0 Å². The van der Waals surface area contributed by atoms with Gasteiger partial charge in [-0.25, -0.2) is 4.39 Å². The summed E-state index contributed by atoms with van der Waals surface area (Å²) in [5, 5.41) is 2.74. The summed E-state index contributed by atoms with van der Waals surface area (Å²) in [6.45, 7) is 4.42. The molecule has 158 valence electrons. The molecular formula is C23H26FN3O3. The minimum atomic E-state index is -0.352. The Balaban J connectivity index is 1.38. The van der Waals surface area contributed by atoms with Crippen LogP contribution in [0.4, 0.5) is 10.1 Å². The zero-order valence-electron chi connectivity index (χ0n) is 17.1. The molecule has 2 aromatic carbocycles. The van der Waals surface area contributed by atoms with E-state index >= 15 is 0 Å².